The Labute approximate surface area is 115 Å². The molecular weight excluding hydrogens is 277 g/mol. The molecule has 1 aromatic carbocycles. The SMILES string of the molecule is Cc1nc(-c2cc(Cl)ccc2Cl)ccc1CCl. The van der Waals surface area contributed by atoms with Crippen molar-refractivity contribution in [1.82, 2.24) is 4.98 Å². The second-order valence-electron chi connectivity index (χ2n) is 3.70. The van der Waals surface area contributed by atoms with Crippen LogP contribution in [0.15, 0.2) is 30.3 Å². The third-order valence-electron chi connectivity index (χ3n) is 2.54. The van der Waals surface area contributed by atoms with Crippen molar-refractivity contribution in [3.63, 3.8) is 0 Å². The minimum Gasteiger partial charge on any atom is -0.253 e. The van der Waals surface area contributed by atoms with Crippen LogP contribution in [0.25, 0.3) is 11.3 Å². The van der Waals surface area contributed by atoms with Gasteiger partial charge in [-0.3, -0.25) is 4.98 Å². The van der Waals surface area contributed by atoms with Crippen LogP contribution in [0.3, 0.4) is 0 Å². The average Bonchev–Trinajstić information content (AvgIpc) is 2.32. The van der Waals surface area contributed by atoms with Gasteiger partial charge in [0.25, 0.3) is 0 Å². The van der Waals surface area contributed by atoms with E-state index in [1.165, 1.54) is 0 Å². The van der Waals surface area contributed by atoms with Crippen molar-refractivity contribution in [1.29, 1.82) is 0 Å². The number of benzene rings is 1. The van der Waals surface area contributed by atoms with Gasteiger partial charge in [0.1, 0.15) is 0 Å². The number of aryl methyl sites for hydroxylation is 1. The Balaban J connectivity index is 2.53. The quantitative estimate of drug-likeness (QED) is 0.700. The minimum atomic E-state index is 0.461. The van der Waals surface area contributed by atoms with E-state index in [9.17, 15) is 0 Å². The molecule has 0 radical (unpaired) electrons. The molecule has 2 aromatic rings. The second-order valence-corrected chi connectivity index (χ2v) is 4.81. The van der Waals surface area contributed by atoms with E-state index in [0.717, 1.165) is 22.5 Å². The van der Waals surface area contributed by atoms with E-state index in [2.05, 4.69) is 4.98 Å². The topological polar surface area (TPSA) is 12.9 Å². The summed E-state index contributed by atoms with van der Waals surface area (Å²) in [6.45, 7) is 1.93. The Kier molecular flexibility index (Phi) is 3.93. The van der Waals surface area contributed by atoms with Crippen LogP contribution in [-0.4, -0.2) is 4.98 Å². The third-order valence-corrected chi connectivity index (χ3v) is 3.40. The predicted molar refractivity (Wildman–Crippen MR) is 74.0 cm³/mol. The fraction of sp³-hybridized carbons (Fsp3) is 0.154. The summed E-state index contributed by atoms with van der Waals surface area (Å²) in [5.41, 5.74) is 3.58. The highest BCUT2D eigenvalue weighted by Gasteiger charge is 2.07. The highest BCUT2D eigenvalue weighted by atomic mass is 35.5. The van der Waals surface area contributed by atoms with E-state index >= 15 is 0 Å². The Hall–Kier alpha value is -0.760. The molecule has 2 rings (SSSR count). The largest absolute Gasteiger partial charge is 0.253 e. The van der Waals surface area contributed by atoms with E-state index in [1.54, 1.807) is 12.1 Å². The molecule has 0 fully saturated rings. The van der Waals surface area contributed by atoms with Gasteiger partial charge >= 0.3 is 0 Å². The van der Waals surface area contributed by atoms with Crippen molar-refractivity contribution in [2.24, 2.45) is 0 Å². The summed E-state index contributed by atoms with van der Waals surface area (Å²) in [5, 5.41) is 1.28. The molecule has 1 heterocycles. The molecule has 0 aliphatic heterocycles. The van der Waals surface area contributed by atoms with Crippen molar-refractivity contribution in [3.05, 3.63) is 51.6 Å². The summed E-state index contributed by atoms with van der Waals surface area (Å²) in [5.74, 6) is 0.461. The lowest BCUT2D eigenvalue weighted by molar-refractivity contribution is 1.14. The standard InChI is InChI=1S/C13H10Cl3N/c1-8-9(7-14)2-5-13(17-8)11-6-10(15)3-4-12(11)16/h2-6H,7H2,1H3. The molecule has 17 heavy (non-hydrogen) atoms. The van der Waals surface area contributed by atoms with Gasteiger partial charge in [-0.15, -0.1) is 11.6 Å². The van der Waals surface area contributed by atoms with Crippen LogP contribution in [-0.2, 0) is 5.88 Å². The molecule has 88 valence electrons. The first-order valence-corrected chi connectivity index (χ1v) is 6.39. The van der Waals surface area contributed by atoms with E-state index in [4.69, 9.17) is 34.8 Å². The lowest BCUT2D eigenvalue weighted by atomic mass is 10.1. The molecule has 0 unspecified atom stereocenters. The summed E-state index contributed by atoms with van der Waals surface area (Å²) in [6.07, 6.45) is 0. The molecule has 0 aliphatic carbocycles. The number of hydrogen-bond donors (Lipinski definition) is 0. The average molecular weight is 287 g/mol. The van der Waals surface area contributed by atoms with Gasteiger partial charge in [-0.05, 0) is 36.8 Å². The van der Waals surface area contributed by atoms with Crippen LogP contribution in [0.1, 0.15) is 11.3 Å². The Morgan fingerprint density at radius 2 is 1.88 bits per heavy atom. The Morgan fingerprint density at radius 3 is 2.53 bits per heavy atom. The van der Waals surface area contributed by atoms with Gasteiger partial charge in [-0.25, -0.2) is 0 Å². The number of halogens is 3. The molecule has 0 atom stereocenters. The smallest absolute Gasteiger partial charge is 0.0720 e. The summed E-state index contributed by atoms with van der Waals surface area (Å²) in [4.78, 5) is 4.49. The Bertz CT molecular complexity index is 552. The number of rotatable bonds is 2. The first kappa shape index (κ1) is 12.7. The monoisotopic (exact) mass is 285 g/mol. The van der Waals surface area contributed by atoms with Gasteiger partial charge < -0.3 is 0 Å². The predicted octanol–water partition coefficient (Wildman–Crippen LogP) is 5.10. The first-order chi connectivity index (χ1) is 8.11. The van der Waals surface area contributed by atoms with Crippen LogP contribution >= 0.6 is 34.8 Å². The molecule has 1 nitrogen and oxygen atoms in total. The highest BCUT2D eigenvalue weighted by molar-refractivity contribution is 6.35. The third kappa shape index (κ3) is 2.74. The van der Waals surface area contributed by atoms with Crippen molar-refractivity contribution >= 4 is 34.8 Å². The number of nitrogens with zero attached hydrogens (tertiary/aromatic N) is 1. The zero-order chi connectivity index (χ0) is 12.4. The van der Waals surface area contributed by atoms with E-state index in [-0.39, 0.29) is 0 Å². The maximum atomic E-state index is 6.13. The number of pyridine rings is 1. The van der Waals surface area contributed by atoms with Crippen LogP contribution in [0.5, 0.6) is 0 Å². The highest BCUT2D eigenvalue weighted by Crippen LogP contribution is 2.30. The molecular formula is C13H10Cl3N. The molecule has 0 saturated carbocycles. The van der Waals surface area contributed by atoms with Gasteiger partial charge in [-0.2, -0.15) is 0 Å². The minimum absolute atomic E-state index is 0.461. The molecule has 0 spiro atoms. The fourth-order valence-electron chi connectivity index (χ4n) is 1.57. The molecule has 0 bridgehead atoms. The van der Waals surface area contributed by atoms with Gasteiger partial charge in [0.05, 0.1) is 10.7 Å². The van der Waals surface area contributed by atoms with Gasteiger partial charge in [0, 0.05) is 22.2 Å². The van der Waals surface area contributed by atoms with Crippen LogP contribution in [0.2, 0.25) is 10.0 Å². The van der Waals surface area contributed by atoms with E-state index in [1.807, 2.05) is 25.1 Å². The Morgan fingerprint density at radius 1 is 1.12 bits per heavy atom. The molecule has 0 saturated heterocycles. The molecule has 4 heteroatoms. The molecule has 1 aromatic heterocycles. The second kappa shape index (κ2) is 5.26. The van der Waals surface area contributed by atoms with E-state index in [0.29, 0.717) is 15.9 Å². The molecule has 0 aliphatic rings. The van der Waals surface area contributed by atoms with E-state index < -0.39 is 0 Å². The van der Waals surface area contributed by atoms with Crippen molar-refractivity contribution in [3.8, 4) is 11.3 Å². The first-order valence-electron chi connectivity index (χ1n) is 5.09. The molecule has 0 N–H and O–H groups in total. The summed E-state index contributed by atoms with van der Waals surface area (Å²) in [7, 11) is 0. The lowest BCUT2D eigenvalue weighted by Crippen LogP contribution is -1.92. The van der Waals surface area contributed by atoms with Crippen molar-refractivity contribution in [2.75, 3.05) is 0 Å². The van der Waals surface area contributed by atoms with Crippen molar-refractivity contribution in [2.45, 2.75) is 12.8 Å². The summed E-state index contributed by atoms with van der Waals surface area (Å²) >= 11 is 17.9. The number of hydrogen-bond acceptors (Lipinski definition) is 1. The number of aromatic nitrogens is 1. The lowest BCUT2D eigenvalue weighted by Gasteiger charge is -2.07. The maximum absolute atomic E-state index is 6.13. The zero-order valence-corrected chi connectivity index (χ0v) is 11.4. The fourth-order valence-corrected chi connectivity index (χ4v) is 2.24. The number of alkyl halides is 1. The molecule has 0 amide bonds. The van der Waals surface area contributed by atoms with Gasteiger partial charge in [0.15, 0.2) is 0 Å². The van der Waals surface area contributed by atoms with Crippen molar-refractivity contribution < 1.29 is 0 Å². The van der Waals surface area contributed by atoms with Crippen LogP contribution in [0, 0.1) is 6.92 Å². The summed E-state index contributed by atoms with van der Waals surface area (Å²) < 4.78 is 0. The maximum Gasteiger partial charge on any atom is 0.0720 e. The normalized spacial score (nSPS) is 10.6. The van der Waals surface area contributed by atoms with Crippen LogP contribution in [0.4, 0.5) is 0 Å². The summed E-state index contributed by atoms with van der Waals surface area (Å²) in [6, 6.07) is 9.20. The zero-order valence-electron chi connectivity index (χ0n) is 9.17. The van der Waals surface area contributed by atoms with Gasteiger partial charge in [0.2, 0.25) is 0 Å². The van der Waals surface area contributed by atoms with Crippen LogP contribution < -0.4 is 0 Å². The van der Waals surface area contributed by atoms with Gasteiger partial charge in [-0.1, -0.05) is 29.3 Å².